The van der Waals surface area contributed by atoms with Crippen LogP contribution < -0.4 is 0 Å². The highest BCUT2D eigenvalue weighted by atomic mass is 16.4. The van der Waals surface area contributed by atoms with Crippen LogP contribution in [0.2, 0.25) is 0 Å². The second-order valence-corrected chi connectivity index (χ2v) is 2.68. The summed E-state index contributed by atoms with van der Waals surface area (Å²) in [5, 5.41) is 26.0. The van der Waals surface area contributed by atoms with Gasteiger partial charge in [-0.05, 0) is 0 Å². The van der Waals surface area contributed by atoms with Gasteiger partial charge in [-0.2, -0.15) is 0 Å². The first kappa shape index (κ1) is 8.79. The number of β-amino-alcohol motifs (C(OH)–C–C–N with tert-alkyl or cyclic N) is 1. The number of hydrogen-bond donors (Lipinski definition) is 3. The molecule has 6 heteroatoms. The molecule has 68 valence electrons. The molecule has 0 bridgehead atoms. The van der Waals surface area contributed by atoms with E-state index < -0.39 is 24.2 Å². The maximum atomic E-state index is 10.4. The summed E-state index contributed by atoms with van der Waals surface area (Å²) < 4.78 is 0. The van der Waals surface area contributed by atoms with Gasteiger partial charge in [0.2, 0.25) is 0 Å². The zero-order valence-electron chi connectivity index (χ0n) is 6.17. The van der Waals surface area contributed by atoms with E-state index in [0.29, 0.717) is 0 Å². The highest BCUT2D eigenvalue weighted by molar-refractivity contribution is 5.80. The summed E-state index contributed by atoms with van der Waals surface area (Å²) >= 11 is 0. The van der Waals surface area contributed by atoms with E-state index in [1.54, 1.807) is 0 Å². The van der Waals surface area contributed by atoms with Crippen molar-refractivity contribution in [3.63, 3.8) is 0 Å². The van der Waals surface area contributed by atoms with Gasteiger partial charge in [-0.3, -0.25) is 4.90 Å². The summed E-state index contributed by atoms with van der Waals surface area (Å²) in [4.78, 5) is 21.6. The van der Waals surface area contributed by atoms with Gasteiger partial charge in [0.1, 0.15) is 6.04 Å². The molecule has 0 spiro atoms. The van der Waals surface area contributed by atoms with Gasteiger partial charge in [-0.1, -0.05) is 0 Å². The fraction of sp³-hybridized carbons (Fsp3) is 0.667. The molecule has 0 aromatic heterocycles. The minimum Gasteiger partial charge on any atom is -0.480 e. The summed E-state index contributed by atoms with van der Waals surface area (Å²) in [6.45, 7) is -0.119. The van der Waals surface area contributed by atoms with Crippen molar-refractivity contribution in [2.24, 2.45) is 0 Å². The predicted molar refractivity (Wildman–Crippen MR) is 36.8 cm³/mol. The summed E-state index contributed by atoms with van der Waals surface area (Å²) in [5.41, 5.74) is 0. The number of hydrogen-bond acceptors (Lipinski definition) is 3. The second-order valence-electron chi connectivity index (χ2n) is 2.68. The predicted octanol–water partition coefficient (Wildman–Crippen LogP) is -0.816. The molecule has 0 radical (unpaired) electrons. The van der Waals surface area contributed by atoms with E-state index in [1.165, 1.54) is 0 Å². The average molecular weight is 175 g/mol. The molecule has 1 aliphatic heterocycles. The van der Waals surface area contributed by atoms with Crippen LogP contribution in [0.15, 0.2) is 0 Å². The number of aliphatic hydroxyl groups is 1. The van der Waals surface area contributed by atoms with Crippen LogP contribution in [0.25, 0.3) is 0 Å². The van der Waals surface area contributed by atoms with Crippen LogP contribution in [0.3, 0.4) is 0 Å². The zero-order chi connectivity index (χ0) is 9.30. The Balaban J connectivity index is 2.72. The Morgan fingerprint density at radius 3 is 2.25 bits per heavy atom. The number of carboxylic acids is 1. The molecule has 2 atom stereocenters. The molecule has 1 saturated heterocycles. The third kappa shape index (κ3) is 1.48. The highest BCUT2D eigenvalue weighted by Gasteiger charge is 2.38. The number of aliphatic hydroxyl groups excluding tert-OH is 1. The molecule has 1 aliphatic rings. The third-order valence-corrected chi connectivity index (χ3v) is 1.81. The van der Waals surface area contributed by atoms with Crippen molar-refractivity contribution in [3.8, 4) is 0 Å². The first-order valence-corrected chi connectivity index (χ1v) is 3.43. The van der Waals surface area contributed by atoms with Gasteiger partial charge in [0.15, 0.2) is 0 Å². The third-order valence-electron chi connectivity index (χ3n) is 1.81. The summed E-state index contributed by atoms with van der Waals surface area (Å²) in [6, 6.07) is -1.10. The molecule has 1 heterocycles. The van der Waals surface area contributed by atoms with E-state index in [-0.39, 0.29) is 13.0 Å². The summed E-state index contributed by atoms with van der Waals surface area (Å²) in [5.74, 6) is -1.21. The number of carboxylic acid groups (broad SMARTS) is 2. The molecule has 1 amide bonds. The number of amides is 1. The summed E-state index contributed by atoms with van der Waals surface area (Å²) in [7, 11) is 0. The number of likely N-dealkylation sites (tertiary alicyclic amines) is 1. The molecule has 0 aromatic carbocycles. The van der Waals surface area contributed by atoms with Crippen molar-refractivity contribution in [1.82, 2.24) is 4.90 Å². The second kappa shape index (κ2) is 2.98. The minimum atomic E-state index is -1.31. The molecule has 0 saturated carbocycles. The quantitative estimate of drug-likeness (QED) is 0.484. The lowest BCUT2D eigenvalue weighted by atomic mass is 10.2. The normalized spacial score (nSPS) is 28.9. The van der Waals surface area contributed by atoms with Crippen LogP contribution in [0, 0.1) is 0 Å². The smallest absolute Gasteiger partial charge is 0.408 e. The van der Waals surface area contributed by atoms with Crippen molar-refractivity contribution in [2.45, 2.75) is 18.6 Å². The maximum Gasteiger partial charge on any atom is 0.408 e. The molecule has 1 rings (SSSR count). The molecule has 0 aliphatic carbocycles. The topological polar surface area (TPSA) is 98.1 Å². The SMILES string of the molecule is O=C(O)C1C[C@H](O)CN1C(=O)O. The van der Waals surface area contributed by atoms with Crippen LogP contribution in [0.4, 0.5) is 4.79 Å². The van der Waals surface area contributed by atoms with Gasteiger partial charge in [0, 0.05) is 6.42 Å². The lowest BCUT2D eigenvalue weighted by Gasteiger charge is -2.16. The highest BCUT2D eigenvalue weighted by Crippen LogP contribution is 2.17. The van der Waals surface area contributed by atoms with E-state index in [1.807, 2.05) is 0 Å². The Hall–Kier alpha value is -1.30. The molecule has 0 aromatic rings. The number of carbonyl (C=O) groups is 2. The lowest BCUT2D eigenvalue weighted by molar-refractivity contribution is -0.141. The Bertz CT molecular complexity index is 194. The van der Waals surface area contributed by atoms with Crippen LogP contribution in [0.1, 0.15) is 6.42 Å². The molecule has 6 nitrogen and oxygen atoms in total. The van der Waals surface area contributed by atoms with E-state index in [4.69, 9.17) is 15.3 Å². The van der Waals surface area contributed by atoms with Gasteiger partial charge in [0.25, 0.3) is 0 Å². The van der Waals surface area contributed by atoms with Crippen molar-refractivity contribution < 1.29 is 24.9 Å². The number of aliphatic carboxylic acids is 1. The molecule has 3 N–H and O–H groups in total. The molecule has 1 unspecified atom stereocenters. The van der Waals surface area contributed by atoms with Crippen molar-refractivity contribution in [1.29, 1.82) is 0 Å². The summed E-state index contributed by atoms with van der Waals surface area (Å²) in [6.07, 6.45) is -2.19. The standard InChI is InChI=1S/C6H9NO5/c8-3-1-4(5(9)10)7(2-3)6(11)12/h3-4,8H,1-2H2,(H,9,10)(H,11,12)/t3-,4?/m0/s1. The fourth-order valence-electron chi connectivity index (χ4n) is 1.26. The van der Waals surface area contributed by atoms with Crippen LogP contribution in [0.5, 0.6) is 0 Å². The van der Waals surface area contributed by atoms with E-state index in [2.05, 4.69) is 0 Å². The largest absolute Gasteiger partial charge is 0.480 e. The van der Waals surface area contributed by atoms with Gasteiger partial charge in [0.05, 0.1) is 12.6 Å². The molecular weight excluding hydrogens is 166 g/mol. The number of rotatable bonds is 1. The van der Waals surface area contributed by atoms with Gasteiger partial charge >= 0.3 is 12.1 Å². The van der Waals surface area contributed by atoms with E-state index in [9.17, 15) is 9.59 Å². The van der Waals surface area contributed by atoms with Crippen LogP contribution >= 0.6 is 0 Å². The Morgan fingerprint density at radius 1 is 1.33 bits per heavy atom. The van der Waals surface area contributed by atoms with Crippen LogP contribution in [-0.2, 0) is 4.79 Å². The first-order chi connectivity index (χ1) is 5.52. The maximum absolute atomic E-state index is 10.4. The Kier molecular flexibility index (Phi) is 2.18. The van der Waals surface area contributed by atoms with E-state index >= 15 is 0 Å². The van der Waals surface area contributed by atoms with Gasteiger partial charge in [-0.25, -0.2) is 9.59 Å². The van der Waals surface area contributed by atoms with E-state index in [0.717, 1.165) is 4.90 Å². The molecular formula is C6H9NO5. The first-order valence-electron chi connectivity index (χ1n) is 3.43. The lowest BCUT2D eigenvalue weighted by Crippen LogP contribution is -2.39. The zero-order valence-corrected chi connectivity index (χ0v) is 6.17. The van der Waals surface area contributed by atoms with Crippen molar-refractivity contribution in [3.05, 3.63) is 0 Å². The average Bonchev–Trinajstić information content (AvgIpc) is 2.31. The van der Waals surface area contributed by atoms with Crippen LogP contribution in [-0.4, -0.2) is 51.0 Å². The fourth-order valence-corrected chi connectivity index (χ4v) is 1.26. The Labute approximate surface area is 68.0 Å². The van der Waals surface area contributed by atoms with Crippen molar-refractivity contribution in [2.75, 3.05) is 6.54 Å². The van der Waals surface area contributed by atoms with Gasteiger partial charge in [-0.15, -0.1) is 0 Å². The monoisotopic (exact) mass is 175 g/mol. The minimum absolute atomic E-state index is 0.0262. The van der Waals surface area contributed by atoms with Gasteiger partial charge < -0.3 is 15.3 Å². The molecule has 12 heavy (non-hydrogen) atoms. The Morgan fingerprint density at radius 2 is 1.92 bits per heavy atom. The van der Waals surface area contributed by atoms with Crippen molar-refractivity contribution >= 4 is 12.1 Å². The molecule has 1 fully saturated rings. The number of nitrogens with zero attached hydrogens (tertiary/aromatic N) is 1.